The predicted molar refractivity (Wildman–Crippen MR) is 157 cm³/mol. The number of carbonyl (C=O) groups is 1. The summed E-state index contributed by atoms with van der Waals surface area (Å²) in [5, 5.41) is 2.88. The van der Waals surface area contributed by atoms with Crippen LogP contribution in [0.25, 0.3) is 0 Å². The van der Waals surface area contributed by atoms with Crippen LogP contribution in [0.2, 0.25) is 0 Å². The third-order valence-corrected chi connectivity index (χ3v) is 8.45. The summed E-state index contributed by atoms with van der Waals surface area (Å²) in [4.78, 5) is 17.2. The van der Waals surface area contributed by atoms with Crippen molar-refractivity contribution in [1.29, 1.82) is 0 Å². The van der Waals surface area contributed by atoms with Crippen molar-refractivity contribution in [1.82, 2.24) is 4.72 Å². The van der Waals surface area contributed by atoms with Crippen LogP contribution in [0.5, 0.6) is 5.75 Å². The lowest BCUT2D eigenvalue weighted by Crippen LogP contribution is -2.47. The maximum atomic E-state index is 13.8. The number of sulfonamides is 1. The fraction of sp³-hybridized carbons (Fsp3) is 0.367. The molecule has 2 N–H and O–H groups in total. The van der Waals surface area contributed by atoms with E-state index in [4.69, 9.17) is 4.74 Å². The number of hydrogen-bond acceptors (Lipinski definition) is 6. The molecule has 1 fully saturated rings. The SMILES string of the molecule is COc1ccc(N2CCN(c3ccc(NC(=O)C(C)(C)C)cc3S(=O)(=O)NC(C)c3ccccc3)CC2)cc1. The number of ether oxygens (including phenoxy) is 1. The van der Waals surface area contributed by atoms with Crippen LogP contribution in [0.4, 0.5) is 17.1 Å². The average molecular weight is 551 g/mol. The van der Waals surface area contributed by atoms with Crippen LogP contribution in [0, 0.1) is 5.41 Å². The molecule has 0 radical (unpaired) electrons. The third-order valence-electron chi connectivity index (χ3n) is 6.88. The van der Waals surface area contributed by atoms with Crippen molar-refractivity contribution in [2.45, 2.75) is 38.6 Å². The molecule has 39 heavy (non-hydrogen) atoms. The number of nitrogens with one attached hydrogen (secondary N) is 2. The Morgan fingerprint density at radius 3 is 2.10 bits per heavy atom. The smallest absolute Gasteiger partial charge is 0.243 e. The maximum Gasteiger partial charge on any atom is 0.243 e. The van der Waals surface area contributed by atoms with Crippen molar-refractivity contribution in [2.24, 2.45) is 5.41 Å². The van der Waals surface area contributed by atoms with E-state index in [1.807, 2.05) is 82.3 Å². The molecule has 1 unspecified atom stereocenters. The quantitative estimate of drug-likeness (QED) is 0.408. The minimum Gasteiger partial charge on any atom is -0.497 e. The standard InChI is InChI=1S/C30H38N4O4S/c1-22(23-9-7-6-8-10-23)32-39(36,37)28-21-24(31-29(35)30(2,3)4)11-16-27(28)34-19-17-33(18-20-34)25-12-14-26(38-5)15-13-25/h6-16,21-22,32H,17-20H2,1-5H3,(H,31,35). The zero-order valence-corrected chi connectivity index (χ0v) is 24.1. The van der Waals surface area contributed by atoms with Gasteiger partial charge in [-0.15, -0.1) is 0 Å². The number of anilines is 3. The number of amides is 1. The summed E-state index contributed by atoms with van der Waals surface area (Å²) in [6, 6.07) is 22.1. The van der Waals surface area contributed by atoms with Crippen LogP contribution in [0.1, 0.15) is 39.3 Å². The van der Waals surface area contributed by atoms with Gasteiger partial charge >= 0.3 is 0 Å². The second kappa shape index (κ2) is 11.7. The van der Waals surface area contributed by atoms with Crippen molar-refractivity contribution in [3.8, 4) is 5.75 Å². The second-order valence-electron chi connectivity index (χ2n) is 10.8. The average Bonchev–Trinajstić information content (AvgIpc) is 2.93. The van der Waals surface area contributed by atoms with Gasteiger partial charge in [-0.05, 0) is 55.0 Å². The number of hydrogen-bond donors (Lipinski definition) is 2. The van der Waals surface area contributed by atoms with E-state index in [1.54, 1.807) is 25.3 Å². The van der Waals surface area contributed by atoms with Crippen LogP contribution in [0.15, 0.2) is 77.7 Å². The highest BCUT2D eigenvalue weighted by Crippen LogP contribution is 2.32. The highest BCUT2D eigenvalue weighted by atomic mass is 32.2. The normalized spacial score (nSPS) is 15.1. The summed E-state index contributed by atoms with van der Waals surface area (Å²) in [6.07, 6.45) is 0. The molecule has 0 saturated carbocycles. The van der Waals surface area contributed by atoms with E-state index in [2.05, 4.69) is 19.8 Å². The number of methoxy groups -OCH3 is 1. The fourth-order valence-corrected chi connectivity index (χ4v) is 5.97. The molecule has 0 aliphatic carbocycles. The van der Waals surface area contributed by atoms with Crippen LogP contribution in [-0.2, 0) is 14.8 Å². The molecule has 0 bridgehead atoms. The van der Waals surface area contributed by atoms with Gasteiger partial charge in [0, 0.05) is 49.0 Å². The number of carbonyl (C=O) groups excluding carboxylic acids is 1. The molecule has 0 spiro atoms. The van der Waals surface area contributed by atoms with Crippen LogP contribution in [0.3, 0.4) is 0 Å². The first-order chi connectivity index (χ1) is 18.5. The van der Waals surface area contributed by atoms with E-state index < -0.39 is 21.5 Å². The molecule has 4 rings (SSSR count). The summed E-state index contributed by atoms with van der Waals surface area (Å²) in [7, 11) is -2.28. The summed E-state index contributed by atoms with van der Waals surface area (Å²) >= 11 is 0. The molecule has 9 heteroatoms. The summed E-state index contributed by atoms with van der Waals surface area (Å²) in [5.41, 5.74) is 2.42. The second-order valence-corrected chi connectivity index (χ2v) is 12.5. The Kier molecular flexibility index (Phi) is 8.51. The Bertz CT molecular complexity index is 1380. The first-order valence-corrected chi connectivity index (χ1v) is 14.6. The minimum absolute atomic E-state index is 0.148. The number of rotatable bonds is 8. The molecule has 1 amide bonds. The summed E-state index contributed by atoms with van der Waals surface area (Å²) in [6.45, 7) is 10.1. The van der Waals surface area contributed by atoms with Crippen molar-refractivity contribution in [2.75, 3.05) is 48.4 Å². The van der Waals surface area contributed by atoms with Gasteiger partial charge in [-0.3, -0.25) is 4.79 Å². The Balaban J connectivity index is 1.61. The molecule has 1 saturated heterocycles. The van der Waals surface area contributed by atoms with Gasteiger partial charge in [0.2, 0.25) is 15.9 Å². The maximum absolute atomic E-state index is 13.8. The predicted octanol–water partition coefficient (Wildman–Crippen LogP) is 5.05. The number of piperazine rings is 1. The van der Waals surface area contributed by atoms with Gasteiger partial charge in [0.05, 0.1) is 12.8 Å². The molecular formula is C30H38N4O4S. The van der Waals surface area contributed by atoms with Crippen molar-refractivity contribution < 1.29 is 17.9 Å². The Hall–Kier alpha value is -3.56. The van der Waals surface area contributed by atoms with Gasteiger partial charge in [-0.25, -0.2) is 13.1 Å². The van der Waals surface area contributed by atoms with E-state index in [0.717, 1.165) is 30.1 Å². The van der Waals surface area contributed by atoms with Crippen LogP contribution in [-0.4, -0.2) is 47.6 Å². The molecule has 3 aromatic carbocycles. The molecule has 8 nitrogen and oxygen atoms in total. The molecule has 1 aliphatic rings. The van der Waals surface area contributed by atoms with Gasteiger partial charge in [-0.1, -0.05) is 51.1 Å². The monoisotopic (exact) mass is 550 g/mol. The van der Waals surface area contributed by atoms with Gasteiger partial charge in [0.15, 0.2) is 0 Å². The molecule has 208 valence electrons. The lowest BCUT2D eigenvalue weighted by Gasteiger charge is -2.38. The van der Waals surface area contributed by atoms with Crippen molar-refractivity contribution in [3.05, 3.63) is 78.4 Å². The molecule has 1 atom stereocenters. The number of benzene rings is 3. The number of nitrogens with zero attached hydrogens (tertiary/aromatic N) is 2. The Labute approximate surface area is 232 Å². The molecule has 1 aliphatic heterocycles. The van der Waals surface area contributed by atoms with Crippen LogP contribution >= 0.6 is 0 Å². The summed E-state index contributed by atoms with van der Waals surface area (Å²) in [5.74, 6) is 0.625. The van der Waals surface area contributed by atoms with Gasteiger partial charge in [0.25, 0.3) is 0 Å². The first kappa shape index (κ1) is 28.4. The minimum atomic E-state index is -3.93. The molecule has 0 aromatic heterocycles. The lowest BCUT2D eigenvalue weighted by atomic mass is 9.95. The van der Waals surface area contributed by atoms with E-state index in [-0.39, 0.29) is 10.8 Å². The summed E-state index contributed by atoms with van der Waals surface area (Å²) < 4.78 is 35.7. The van der Waals surface area contributed by atoms with Crippen molar-refractivity contribution >= 4 is 33.0 Å². The van der Waals surface area contributed by atoms with Gasteiger partial charge in [0.1, 0.15) is 10.6 Å². The Morgan fingerprint density at radius 2 is 1.51 bits per heavy atom. The van der Waals surface area contributed by atoms with E-state index >= 15 is 0 Å². The zero-order chi connectivity index (χ0) is 28.2. The van der Waals surface area contributed by atoms with E-state index in [1.165, 1.54) is 0 Å². The zero-order valence-electron chi connectivity index (χ0n) is 23.3. The Morgan fingerprint density at radius 1 is 0.897 bits per heavy atom. The fourth-order valence-electron chi connectivity index (χ4n) is 4.49. The first-order valence-electron chi connectivity index (χ1n) is 13.1. The molecular weight excluding hydrogens is 512 g/mol. The van der Waals surface area contributed by atoms with Gasteiger partial charge in [-0.2, -0.15) is 0 Å². The topological polar surface area (TPSA) is 91.0 Å². The van der Waals surface area contributed by atoms with E-state index in [9.17, 15) is 13.2 Å². The third kappa shape index (κ3) is 6.91. The molecule has 3 aromatic rings. The van der Waals surface area contributed by atoms with Gasteiger partial charge < -0.3 is 19.9 Å². The lowest BCUT2D eigenvalue weighted by molar-refractivity contribution is -0.123. The highest BCUT2D eigenvalue weighted by molar-refractivity contribution is 7.89. The highest BCUT2D eigenvalue weighted by Gasteiger charge is 2.28. The van der Waals surface area contributed by atoms with E-state index in [0.29, 0.717) is 24.5 Å². The largest absolute Gasteiger partial charge is 0.497 e. The van der Waals surface area contributed by atoms with Crippen molar-refractivity contribution in [3.63, 3.8) is 0 Å². The van der Waals surface area contributed by atoms with Crippen LogP contribution < -0.4 is 24.6 Å². The molecule has 1 heterocycles.